The minimum Gasteiger partial charge on any atom is -0.445 e. The number of carbonyl (C=O) groups is 2. The van der Waals surface area contributed by atoms with Crippen LogP contribution in [0.4, 0.5) is 9.59 Å². The van der Waals surface area contributed by atoms with Crippen molar-refractivity contribution in [3.63, 3.8) is 0 Å². The molecule has 7 nitrogen and oxygen atoms in total. The Kier molecular flexibility index (Phi) is 6.13. The predicted octanol–water partition coefficient (Wildman–Crippen LogP) is 3.16. The van der Waals surface area contributed by atoms with E-state index in [1.807, 2.05) is 51.1 Å². The highest BCUT2D eigenvalue weighted by Crippen LogP contribution is 2.36. The molecule has 1 aromatic rings. The number of amides is 2. The Labute approximate surface area is 166 Å². The molecule has 2 aliphatic rings. The number of carbonyl (C=O) groups excluding carboxylic acids is 2. The first-order valence-electron chi connectivity index (χ1n) is 9.89. The number of piperidine rings is 1. The third kappa shape index (κ3) is 4.58. The summed E-state index contributed by atoms with van der Waals surface area (Å²) in [4.78, 5) is 28.8. The van der Waals surface area contributed by atoms with E-state index in [4.69, 9.17) is 9.47 Å². The number of ether oxygens (including phenoxy) is 2. The molecule has 7 heteroatoms. The second-order valence-electron chi connectivity index (χ2n) is 8.47. The van der Waals surface area contributed by atoms with Gasteiger partial charge < -0.3 is 19.5 Å². The van der Waals surface area contributed by atoms with Crippen LogP contribution in [0.25, 0.3) is 0 Å². The lowest BCUT2D eigenvalue weighted by atomic mass is 9.97. The molecular weight excluding hydrogens is 360 g/mol. The summed E-state index contributed by atoms with van der Waals surface area (Å²) in [5.74, 6) is 0. The van der Waals surface area contributed by atoms with Gasteiger partial charge in [0.15, 0.2) is 0 Å². The molecule has 28 heavy (non-hydrogen) atoms. The highest BCUT2D eigenvalue weighted by Gasteiger charge is 2.50. The van der Waals surface area contributed by atoms with Gasteiger partial charge in [0.2, 0.25) is 0 Å². The quantitative estimate of drug-likeness (QED) is 0.858. The standard InChI is InChI=1S/C21H30N2O5/c1-21(2,3)28-20(26)23-16(13-24)12-18-17(23)10-7-11-22(18)19(25)27-14-15-8-5-4-6-9-15/h4-6,8-9,16-18,24H,7,10-14H2,1-3H3. The van der Waals surface area contributed by atoms with Crippen LogP contribution in [-0.4, -0.2) is 64.0 Å². The Hall–Kier alpha value is -2.28. The van der Waals surface area contributed by atoms with Crippen LogP contribution in [0.15, 0.2) is 30.3 Å². The summed E-state index contributed by atoms with van der Waals surface area (Å²) < 4.78 is 11.1. The van der Waals surface area contributed by atoms with E-state index >= 15 is 0 Å². The SMILES string of the molecule is CC(C)(C)OC(=O)N1C(CO)CC2C1CCCN2C(=O)OCc1ccccc1. The van der Waals surface area contributed by atoms with Crippen LogP contribution in [0, 0.1) is 0 Å². The molecular formula is C21H30N2O5. The van der Waals surface area contributed by atoms with Gasteiger partial charge in [-0.1, -0.05) is 30.3 Å². The zero-order chi connectivity index (χ0) is 20.3. The number of likely N-dealkylation sites (tertiary alicyclic amines) is 2. The maximum atomic E-state index is 12.7. The molecule has 0 aromatic heterocycles. The van der Waals surface area contributed by atoms with Gasteiger partial charge in [-0.3, -0.25) is 4.90 Å². The van der Waals surface area contributed by atoms with E-state index in [-0.39, 0.29) is 37.4 Å². The van der Waals surface area contributed by atoms with Gasteiger partial charge in [0, 0.05) is 6.54 Å². The molecule has 2 amide bonds. The third-order valence-corrected chi connectivity index (χ3v) is 5.26. The van der Waals surface area contributed by atoms with Crippen LogP contribution in [0.3, 0.4) is 0 Å². The molecule has 0 saturated carbocycles. The minimum atomic E-state index is -0.613. The maximum Gasteiger partial charge on any atom is 0.410 e. The van der Waals surface area contributed by atoms with Crippen molar-refractivity contribution in [3.8, 4) is 0 Å². The van der Waals surface area contributed by atoms with E-state index in [9.17, 15) is 14.7 Å². The number of nitrogens with zero attached hydrogens (tertiary/aromatic N) is 2. The number of fused-ring (bicyclic) bond motifs is 1. The predicted molar refractivity (Wildman–Crippen MR) is 104 cm³/mol. The lowest BCUT2D eigenvalue weighted by Gasteiger charge is -2.39. The summed E-state index contributed by atoms with van der Waals surface area (Å²) in [6.07, 6.45) is 1.28. The summed E-state index contributed by atoms with van der Waals surface area (Å²) in [5, 5.41) is 9.82. The molecule has 0 spiro atoms. The monoisotopic (exact) mass is 390 g/mol. The molecule has 0 bridgehead atoms. The number of aliphatic hydroxyl groups excluding tert-OH is 1. The highest BCUT2D eigenvalue weighted by molar-refractivity contribution is 5.72. The molecule has 2 saturated heterocycles. The van der Waals surface area contributed by atoms with Gasteiger partial charge in [0.25, 0.3) is 0 Å². The Morgan fingerprint density at radius 1 is 1.14 bits per heavy atom. The number of aliphatic hydroxyl groups is 1. The Morgan fingerprint density at radius 2 is 1.86 bits per heavy atom. The smallest absolute Gasteiger partial charge is 0.410 e. The van der Waals surface area contributed by atoms with Gasteiger partial charge in [-0.15, -0.1) is 0 Å². The molecule has 1 aromatic carbocycles. The third-order valence-electron chi connectivity index (χ3n) is 5.26. The van der Waals surface area contributed by atoms with Gasteiger partial charge >= 0.3 is 12.2 Å². The molecule has 154 valence electrons. The van der Waals surface area contributed by atoms with Gasteiger partial charge in [-0.05, 0) is 45.6 Å². The van der Waals surface area contributed by atoms with E-state index in [1.165, 1.54) is 0 Å². The average Bonchev–Trinajstić information content (AvgIpc) is 3.04. The van der Waals surface area contributed by atoms with Crippen molar-refractivity contribution in [1.29, 1.82) is 0 Å². The minimum absolute atomic E-state index is 0.154. The van der Waals surface area contributed by atoms with Crippen molar-refractivity contribution in [2.24, 2.45) is 0 Å². The molecule has 2 aliphatic heterocycles. The summed E-state index contributed by atoms with van der Waals surface area (Å²) in [5.41, 5.74) is 0.317. The van der Waals surface area contributed by atoms with Crippen LogP contribution in [0.2, 0.25) is 0 Å². The van der Waals surface area contributed by atoms with Crippen LogP contribution in [-0.2, 0) is 16.1 Å². The van der Waals surface area contributed by atoms with Gasteiger partial charge in [0.1, 0.15) is 12.2 Å². The van der Waals surface area contributed by atoms with E-state index < -0.39 is 11.7 Å². The first-order chi connectivity index (χ1) is 13.3. The second kappa shape index (κ2) is 8.39. The van der Waals surface area contributed by atoms with Crippen LogP contribution < -0.4 is 0 Å². The largest absolute Gasteiger partial charge is 0.445 e. The van der Waals surface area contributed by atoms with E-state index in [0.717, 1.165) is 18.4 Å². The van der Waals surface area contributed by atoms with E-state index in [1.54, 1.807) is 9.80 Å². The molecule has 3 unspecified atom stereocenters. The van der Waals surface area contributed by atoms with Crippen molar-refractivity contribution in [3.05, 3.63) is 35.9 Å². The fraction of sp³-hybridized carbons (Fsp3) is 0.619. The van der Waals surface area contributed by atoms with Crippen molar-refractivity contribution in [2.75, 3.05) is 13.2 Å². The molecule has 0 radical (unpaired) electrons. The van der Waals surface area contributed by atoms with E-state index in [0.29, 0.717) is 13.0 Å². The lowest BCUT2D eigenvalue weighted by molar-refractivity contribution is -0.000156. The Balaban J connectivity index is 1.69. The van der Waals surface area contributed by atoms with Crippen molar-refractivity contribution >= 4 is 12.2 Å². The average molecular weight is 390 g/mol. The van der Waals surface area contributed by atoms with Crippen LogP contribution >= 0.6 is 0 Å². The fourth-order valence-electron chi connectivity index (χ4n) is 4.10. The summed E-state index contributed by atoms with van der Waals surface area (Å²) in [7, 11) is 0. The summed E-state index contributed by atoms with van der Waals surface area (Å²) in [6.45, 7) is 6.11. The Bertz CT molecular complexity index is 688. The Morgan fingerprint density at radius 3 is 2.50 bits per heavy atom. The molecule has 1 N–H and O–H groups in total. The topological polar surface area (TPSA) is 79.3 Å². The first-order valence-corrected chi connectivity index (χ1v) is 9.89. The van der Waals surface area contributed by atoms with E-state index in [2.05, 4.69) is 0 Å². The van der Waals surface area contributed by atoms with Crippen molar-refractivity contribution in [1.82, 2.24) is 9.80 Å². The molecule has 2 heterocycles. The first kappa shape index (κ1) is 20.5. The zero-order valence-electron chi connectivity index (χ0n) is 16.8. The summed E-state index contributed by atoms with van der Waals surface area (Å²) >= 11 is 0. The normalized spacial score (nSPS) is 24.6. The molecule has 3 atom stereocenters. The van der Waals surface area contributed by atoms with Crippen LogP contribution in [0.5, 0.6) is 0 Å². The number of rotatable bonds is 3. The fourth-order valence-corrected chi connectivity index (χ4v) is 4.10. The van der Waals surface area contributed by atoms with Gasteiger partial charge in [0.05, 0.1) is 24.7 Å². The maximum absolute atomic E-state index is 12.7. The lowest BCUT2D eigenvalue weighted by Crippen LogP contribution is -2.54. The van der Waals surface area contributed by atoms with Crippen molar-refractivity contribution in [2.45, 2.75) is 70.4 Å². The van der Waals surface area contributed by atoms with Gasteiger partial charge in [-0.2, -0.15) is 0 Å². The van der Waals surface area contributed by atoms with Crippen LogP contribution in [0.1, 0.15) is 45.6 Å². The summed E-state index contributed by atoms with van der Waals surface area (Å²) in [6, 6.07) is 8.86. The van der Waals surface area contributed by atoms with Crippen molar-refractivity contribution < 1.29 is 24.2 Å². The molecule has 2 fully saturated rings. The number of hydrogen-bond donors (Lipinski definition) is 1. The zero-order valence-corrected chi connectivity index (χ0v) is 16.8. The molecule has 0 aliphatic carbocycles. The number of hydrogen-bond acceptors (Lipinski definition) is 5. The highest BCUT2D eigenvalue weighted by atomic mass is 16.6. The molecule has 3 rings (SSSR count). The second-order valence-corrected chi connectivity index (χ2v) is 8.47. The van der Waals surface area contributed by atoms with Gasteiger partial charge in [-0.25, -0.2) is 9.59 Å². The number of benzene rings is 1.